The quantitative estimate of drug-likeness (QED) is 0.513. The maximum atomic E-state index is 13.6. The highest BCUT2D eigenvalue weighted by atomic mass is 32.2. The molecule has 3 nitrogen and oxygen atoms in total. The van der Waals surface area contributed by atoms with Crippen LogP contribution in [0.2, 0.25) is 0 Å². The molecular formula is C14H12F2N2OS. The third-order valence-electron chi connectivity index (χ3n) is 2.59. The minimum Gasteiger partial charge on any atom is -0.453 e. The van der Waals surface area contributed by atoms with Gasteiger partial charge in [0, 0.05) is 11.0 Å². The number of ether oxygens (including phenoxy) is 1. The fourth-order valence-electron chi connectivity index (χ4n) is 1.71. The number of thioether (sulfide) groups is 1. The number of rotatable bonds is 4. The zero-order valence-corrected chi connectivity index (χ0v) is 11.4. The molecule has 0 heterocycles. The molecule has 104 valence electrons. The van der Waals surface area contributed by atoms with Crippen LogP contribution in [-0.4, -0.2) is 12.1 Å². The maximum Gasteiger partial charge on any atom is 0.168 e. The van der Waals surface area contributed by atoms with Gasteiger partial charge in [-0.05, 0) is 30.5 Å². The molecule has 0 fully saturated rings. The molecule has 2 rings (SSSR count). The Kier molecular flexibility index (Phi) is 4.24. The summed E-state index contributed by atoms with van der Waals surface area (Å²) < 4.78 is 31.9. The van der Waals surface area contributed by atoms with Gasteiger partial charge in [-0.1, -0.05) is 6.07 Å². The van der Waals surface area contributed by atoms with Crippen LogP contribution < -0.4 is 10.5 Å². The molecule has 0 amide bonds. The van der Waals surface area contributed by atoms with Crippen molar-refractivity contribution in [2.24, 2.45) is 5.73 Å². The number of nitrogen functional groups attached to an aromatic ring is 1. The summed E-state index contributed by atoms with van der Waals surface area (Å²) >= 11 is 1.40. The van der Waals surface area contributed by atoms with Crippen LogP contribution in [0.4, 0.5) is 8.78 Å². The molecule has 6 heteroatoms. The molecule has 2 aromatic rings. The Labute approximate surface area is 119 Å². The third kappa shape index (κ3) is 2.91. The Bertz CT molecular complexity index is 662. The Morgan fingerprint density at radius 3 is 2.55 bits per heavy atom. The van der Waals surface area contributed by atoms with E-state index < -0.39 is 11.6 Å². The number of hydrogen-bond donors (Lipinski definition) is 2. The number of nitrogens with one attached hydrogen (secondary N) is 1. The van der Waals surface area contributed by atoms with Crippen LogP contribution in [0.5, 0.6) is 11.5 Å². The lowest BCUT2D eigenvalue weighted by Gasteiger charge is -2.13. The van der Waals surface area contributed by atoms with E-state index in [1.54, 1.807) is 18.2 Å². The predicted molar refractivity (Wildman–Crippen MR) is 75.7 cm³/mol. The van der Waals surface area contributed by atoms with Gasteiger partial charge in [0.1, 0.15) is 17.4 Å². The standard InChI is InChI=1S/C14H12F2N2OS/c1-20-12-4-2-3-11(13(12)14(17)18)19-10-6-5-8(15)7-9(10)16/h2-7H,1H3,(H3,17,18). The van der Waals surface area contributed by atoms with Gasteiger partial charge in [-0.3, -0.25) is 5.41 Å². The van der Waals surface area contributed by atoms with Gasteiger partial charge < -0.3 is 10.5 Å². The van der Waals surface area contributed by atoms with Crippen molar-refractivity contribution in [2.75, 3.05) is 6.26 Å². The average molecular weight is 294 g/mol. The van der Waals surface area contributed by atoms with Crippen molar-refractivity contribution >= 4 is 17.6 Å². The van der Waals surface area contributed by atoms with E-state index in [9.17, 15) is 8.78 Å². The second-order valence-electron chi connectivity index (χ2n) is 3.92. The second kappa shape index (κ2) is 5.92. The van der Waals surface area contributed by atoms with Gasteiger partial charge in [-0.2, -0.15) is 0 Å². The van der Waals surface area contributed by atoms with Gasteiger partial charge in [0.15, 0.2) is 11.6 Å². The lowest BCUT2D eigenvalue weighted by atomic mass is 10.2. The molecular weight excluding hydrogens is 282 g/mol. The normalized spacial score (nSPS) is 10.3. The Morgan fingerprint density at radius 1 is 1.20 bits per heavy atom. The molecule has 0 aliphatic heterocycles. The highest BCUT2D eigenvalue weighted by Gasteiger charge is 2.14. The van der Waals surface area contributed by atoms with E-state index in [-0.39, 0.29) is 17.3 Å². The van der Waals surface area contributed by atoms with Crippen molar-refractivity contribution < 1.29 is 13.5 Å². The van der Waals surface area contributed by atoms with E-state index in [4.69, 9.17) is 15.9 Å². The van der Waals surface area contributed by atoms with E-state index in [1.165, 1.54) is 17.8 Å². The molecule has 0 bridgehead atoms. The van der Waals surface area contributed by atoms with Crippen molar-refractivity contribution in [1.82, 2.24) is 0 Å². The molecule has 20 heavy (non-hydrogen) atoms. The van der Waals surface area contributed by atoms with E-state index >= 15 is 0 Å². The highest BCUT2D eigenvalue weighted by Crippen LogP contribution is 2.32. The summed E-state index contributed by atoms with van der Waals surface area (Å²) in [6.07, 6.45) is 1.84. The van der Waals surface area contributed by atoms with E-state index in [0.29, 0.717) is 5.56 Å². The first kappa shape index (κ1) is 14.3. The summed E-state index contributed by atoms with van der Waals surface area (Å²) in [7, 11) is 0. The number of hydrogen-bond acceptors (Lipinski definition) is 3. The summed E-state index contributed by atoms with van der Waals surface area (Å²) in [5.41, 5.74) is 5.94. The van der Waals surface area contributed by atoms with Crippen LogP contribution in [0.3, 0.4) is 0 Å². The fourth-order valence-corrected chi connectivity index (χ4v) is 2.34. The predicted octanol–water partition coefficient (Wildman–Crippen LogP) is 3.76. The van der Waals surface area contributed by atoms with Gasteiger partial charge in [0.2, 0.25) is 0 Å². The Balaban J connectivity index is 2.45. The smallest absolute Gasteiger partial charge is 0.168 e. The molecule has 2 aromatic carbocycles. The topological polar surface area (TPSA) is 59.1 Å². The van der Waals surface area contributed by atoms with Crippen molar-refractivity contribution in [1.29, 1.82) is 5.41 Å². The molecule has 0 aromatic heterocycles. The summed E-state index contributed by atoms with van der Waals surface area (Å²) in [5.74, 6) is -1.52. The van der Waals surface area contributed by atoms with Gasteiger partial charge in [-0.15, -0.1) is 11.8 Å². The van der Waals surface area contributed by atoms with Crippen LogP contribution in [0.1, 0.15) is 5.56 Å². The molecule has 0 unspecified atom stereocenters. The van der Waals surface area contributed by atoms with Crippen molar-refractivity contribution in [3.63, 3.8) is 0 Å². The highest BCUT2D eigenvalue weighted by molar-refractivity contribution is 7.98. The third-order valence-corrected chi connectivity index (χ3v) is 3.37. The van der Waals surface area contributed by atoms with E-state index in [1.807, 2.05) is 6.26 Å². The summed E-state index contributed by atoms with van der Waals surface area (Å²) in [6.45, 7) is 0. The Morgan fingerprint density at radius 2 is 1.95 bits per heavy atom. The lowest BCUT2D eigenvalue weighted by molar-refractivity contribution is 0.436. The molecule has 0 aliphatic carbocycles. The molecule has 3 N–H and O–H groups in total. The zero-order valence-electron chi connectivity index (χ0n) is 10.6. The summed E-state index contributed by atoms with van der Waals surface area (Å²) in [5, 5.41) is 7.60. The second-order valence-corrected chi connectivity index (χ2v) is 4.77. The number of halogens is 2. The van der Waals surface area contributed by atoms with Crippen molar-refractivity contribution in [2.45, 2.75) is 4.90 Å². The van der Waals surface area contributed by atoms with Crippen molar-refractivity contribution in [3.05, 3.63) is 53.6 Å². The zero-order chi connectivity index (χ0) is 14.7. The average Bonchev–Trinajstić information content (AvgIpc) is 2.41. The molecule has 0 saturated heterocycles. The van der Waals surface area contributed by atoms with Gasteiger partial charge >= 0.3 is 0 Å². The minimum atomic E-state index is -0.811. The lowest BCUT2D eigenvalue weighted by Crippen LogP contribution is -2.13. The molecule has 0 radical (unpaired) electrons. The molecule has 0 atom stereocenters. The number of amidine groups is 1. The van der Waals surface area contributed by atoms with Crippen LogP contribution in [0, 0.1) is 17.0 Å². The fraction of sp³-hybridized carbons (Fsp3) is 0.0714. The minimum absolute atomic E-state index is 0.118. The Hall–Kier alpha value is -2.08. The first-order chi connectivity index (χ1) is 9.52. The molecule has 0 saturated carbocycles. The van der Waals surface area contributed by atoms with Crippen molar-refractivity contribution in [3.8, 4) is 11.5 Å². The van der Waals surface area contributed by atoms with Crippen LogP contribution in [0.25, 0.3) is 0 Å². The van der Waals surface area contributed by atoms with Gasteiger partial charge in [0.05, 0.1) is 5.56 Å². The van der Waals surface area contributed by atoms with Crippen LogP contribution >= 0.6 is 11.8 Å². The van der Waals surface area contributed by atoms with E-state index in [0.717, 1.165) is 17.0 Å². The maximum absolute atomic E-state index is 13.6. The summed E-state index contributed by atoms with van der Waals surface area (Å²) in [4.78, 5) is 0.748. The largest absolute Gasteiger partial charge is 0.453 e. The van der Waals surface area contributed by atoms with Crippen LogP contribution in [-0.2, 0) is 0 Å². The first-order valence-corrected chi connectivity index (χ1v) is 6.89. The number of nitrogens with two attached hydrogens (primary N) is 1. The van der Waals surface area contributed by atoms with Crippen LogP contribution in [0.15, 0.2) is 41.3 Å². The van der Waals surface area contributed by atoms with Gasteiger partial charge in [0.25, 0.3) is 0 Å². The molecule has 0 aliphatic rings. The molecule has 0 spiro atoms. The first-order valence-electron chi connectivity index (χ1n) is 5.67. The SMILES string of the molecule is CSc1cccc(Oc2ccc(F)cc2F)c1C(=N)N. The monoisotopic (exact) mass is 294 g/mol. The number of benzene rings is 2. The van der Waals surface area contributed by atoms with Gasteiger partial charge in [-0.25, -0.2) is 8.78 Å². The van der Waals surface area contributed by atoms with E-state index in [2.05, 4.69) is 0 Å². The summed E-state index contributed by atoms with van der Waals surface area (Å²) in [6, 6.07) is 8.12.